The fraction of sp³-hybridized carbons (Fsp3) is 0.400. The number of hydrazine groups is 1. The van der Waals surface area contributed by atoms with E-state index in [0.717, 1.165) is 5.82 Å². The number of anilines is 2. The number of fused-ring (bicyclic) bond motifs is 1. The Hall–Kier alpha value is -2.82. The SMILES string of the molecule is Cc1nc(NN)nc(N2CCn3cnnc3C2)c1[N+](=O)[O-]. The highest BCUT2D eigenvalue weighted by atomic mass is 16.6. The number of rotatable bonds is 3. The van der Waals surface area contributed by atoms with E-state index >= 15 is 0 Å². The number of hydrogen-bond donors (Lipinski definition) is 2. The third-order valence-corrected chi connectivity index (χ3v) is 3.29. The van der Waals surface area contributed by atoms with Crippen LogP contribution in [0.4, 0.5) is 17.5 Å². The first-order valence-corrected chi connectivity index (χ1v) is 6.21. The Kier molecular flexibility index (Phi) is 3.10. The van der Waals surface area contributed by atoms with Crippen molar-refractivity contribution in [1.82, 2.24) is 24.7 Å². The molecule has 11 heteroatoms. The van der Waals surface area contributed by atoms with E-state index in [1.54, 1.807) is 18.2 Å². The van der Waals surface area contributed by atoms with Crippen LogP contribution < -0.4 is 16.2 Å². The summed E-state index contributed by atoms with van der Waals surface area (Å²) < 4.78 is 1.90. The zero-order valence-corrected chi connectivity index (χ0v) is 11.2. The third kappa shape index (κ3) is 2.23. The van der Waals surface area contributed by atoms with Gasteiger partial charge in [0.25, 0.3) is 0 Å². The maximum atomic E-state index is 11.3. The highest BCUT2D eigenvalue weighted by Crippen LogP contribution is 2.31. The van der Waals surface area contributed by atoms with Crippen molar-refractivity contribution in [2.75, 3.05) is 16.9 Å². The van der Waals surface area contributed by atoms with Crippen LogP contribution in [0, 0.1) is 17.0 Å². The highest BCUT2D eigenvalue weighted by molar-refractivity contribution is 5.62. The van der Waals surface area contributed by atoms with E-state index < -0.39 is 4.92 Å². The molecule has 11 nitrogen and oxygen atoms in total. The molecule has 0 aliphatic carbocycles. The van der Waals surface area contributed by atoms with Crippen molar-refractivity contribution in [2.45, 2.75) is 20.0 Å². The van der Waals surface area contributed by atoms with Gasteiger partial charge in [-0.3, -0.25) is 15.5 Å². The summed E-state index contributed by atoms with van der Waals surface area (Å²) in [6.07, 6.45) is 1.64. The molecule has 0 bridgehead atoms. The Bertz CT molecular complexity index is 698. The Balaban J connectivity index is 2.05. The van der Waals surface area contributed by atoms with Gasteiger partial charge in [0.2, 0.25) is 11.8 Å². The first kappa shape index (κ1) is 13.2. The lowest BCUT2D eigenvalue weighted by atomic mass is 10.3. The molecule has 0 radical (unpaired) electrons. The van der Waals surface area contributed by atoms with Crippen LogP contribution in [0.1, 0.15) is 11.5 Å². The van der Waals surface area contributed by atoms with Gasteiger partial charge < -0.3 is 9.47 Å². The van der Waals surface area contributed by atoms with Crippen molar-refractivity contribution in [3.05, 3.63) is 28.0 Å². The second-order valence-electron chi connectivity index (χ2n) is 4.57. The fourth-order valence-electron chi connectivity index (χ4n) is 2.30. The van der Waals surface area contributed by atoms with Crippen molar-refractivity contribution in [3.8, 4) is 0 Å². The molecule has 0 saturated heterocycles. The molecule has 0 atom stereocenters. The van der Waals surface area contributed by atoms with Crippen LogP contribution in [-0.2, 0) is 13.1 Å². The number of aryl methyl sites for hydroxylation is 1. The molecule has 0 saturated carbocycles. The molecule has 110 valence electrons. The van der Waals surface area contributed by atoms with Gasteiger partial charge >= 0.3 is 5.69 Å². The molecule has 1 aliphatic heterocycles. The summed E-state index contributed by atoms with van der Waals surface area (Å²) in [4.78, 5) is 20.7. The molecule has 0 spiro atoms. The Labute approximate surface area is 118 Å². The molecule has 21 heavy (non-hydrogen) atoms. The van der Waals surface area contributed by atoms with Crippen LogP contribution in [-0.4, -0.2) is 36.2 Å². The number of nitrogens with one attached hydrogen (secondary N) is 1. The van der Waals surface area contributed by atoms with Gasteiger partial charge in [-0.2, -0.15) is 4.98 Å². The third-order valence-electron chi connectivity index (χ3n) is 3.29. The summed E-state index contributed by atoms with van der Waals surface area (Å²) in [5.41, 5.74) is 2.45. The first-order valence-electron chi connectivity index (χ1n) is 6.21. The van der Waals surface area contributed by atoms with E-state index in [-0.39, 0.29) is 23.1 Å². The minimum Gasteiger partial charge on any atom is -0.341 e. The number of aromatic nitrogens is 5. The number of nitrogens with two attached hydrogens (primary N) is 1. The Morgan fingerprint density at radius 2 is 2.24 bits per heavy atom. The van der Waals surface area contributed by atoms with E-state index in [1.807, 2.05) is 4.57 Å². The van der Waals surface area contributed by atoms with Gasteiger partial charge in [0, 0.05) is 13.1 Å². The molecule has 3 rings (SSSR count). The summed E-state index contributed by atoms with van der Waals surface area (Å²) >= 11 is 0. The topological polar surface area (TPSA) is 141 Å². The lowest BCUT2D eigenvalue weighted by Gasteiger charge is -2.27. The maximum Gasteiger partial charge on any atom is 0.332 e. The van der Waals surface area contributed by atoms with E-state index in [2.05, 4.69) is 25.6 Å². The summed E-state index contributed by atoms with van der Waals surface area (Å²) in [6, 6.07) is 0. The summed E-state index contributed by atoms with van der Waals surface area (Å²) in [5.74, 6) is 6.41. The van der Waals surface area contributed by atoms with Crippen molar-refractivity contribution < 1.29 is 4.92 Å². The van der Waals surface area contributed by atoms with Crippen LogP contribution in [0.5, 0.6) is 0 Å². The second kappa shape index (κ2) is 4.94. The first-order chi connectivity index (χ1) is 10.1. The summed E-state index contributed by atoms with van der Waals surface area (Å²) in [6.45, 7) is 3.14. The molecule has 0 unspecified atom stereocenters. The predicted molar refractivity (Wildman–Crippen MR) is 72.3 cm³/mol. The summed E-state index contributed by atoms with van der Waals surface area (Å²) in [5, 5.41) is 19.1. The van der Waals surface area contributed by atoms with Crippen LogP contribution in [0.2, 0.25) is 0 Å². The van der Waals surface area contributed by atoms with Gasteiger partial charge in [0.15, 0.2) is 5.82 Å². The van der Waals surface area contributed by atoms with Crippen molar-refractivity contribution in [2.24, 2.45) is 5.84 Å². The van der Waals surface area contributed by atoms with Crippen LogP contribution in [0.25, 0.3) is 0 Å². The zero-order chi connectivity index (χ0) is 15.0. The highest BCUT2D eigenvalue weighted by Gasteiger charge is 2.29. The van der Waals surface area contributed by atoms with Gasteiger partial charge in [-0.05, 0) is 6.92 Å². The van der Waals surface area contributed by atoms with Crippen LogP contribution >= 0.6 is 0 Å². The number of hydrogen-bond acceptors (Lipinski definition) is 9. The predicted octanol–water partition coefficient (Wildman–Crippen LogP) is -0.409. The van der Waals surface area contributed by atoms with E-state index in [0.29, 0.717) is 19.6 Å². The largest absolute Gasteiger partial charge is 0.341 e. The lowest BCUT2D eigenvalue weighted by molar-refractivity contribution is -0.385. The van der Waals surface area contributed by atoms with Gasteiger partial charge in [0.1, 0.15) is 12.0 Å². The number of nitrogens with zero attached hydrogens (tertiary/aromatic N) is 7. The number of nitrogen functional groups attached to an aromatic ring is 1. The Morgan fingerprint density at radius 1 is 1.43 bits per heavy atom. The van der Waals surface area contributed by atoms with E-state index in [9.17, 15) is 10.1 Å². The van der Waals surface area contributed by atoms with Gasteiger partial charge in [0.05, 0.1) is 11.5 Å². The number of nitro groups is 1. The minimum absolute atomic E-state index is 0.123. The second-order valence-corrected chi connectivity index (χ2v) is 4.57. The fourth-order valence-corrected chi connectivity index (χ4v) is 2.30. The normalized spacial score (nSPS) is 13.9. The van der Waals surface area contributed by atoms with Gasteiger partial charge in [-0.15, -0.1) is 10.2 Å². The Morgan fingerprint density at radius 3 is 2.95 bits per heavy atom. The molecule has 0 fully saturated rings. The molecule has 2 aromatic rings. The molecule has 3 N–H and O–H groups in total. The van der Waals surface area contributed by atoms with Crippen LogP contribution in [0.3, 0.4) is 0 Å². The van der Waals surface area contributed by atoms with Gasteiger partial charge in [-0.1, -0.05) is 0 Å². The van der Waals surface area contributed by atoms with Crippen molar-refractivity contribution in [1.29, 1.82) is 0 Å². The lowest BCUT2D eigenvalue weighted by Crippen LogP contribution is -2.35. The minimum atomic E-state index is -0.482. The monoisotopic (exact) mass is 291 g/mol. The smallest absolute Gasteiger partial charge is 0.332 e. The molecule has 0 aromatic carbocycles. The molecular weight excluding hydrogens is 278 g/mol. The zero-order valence-electron chi connectivity index (χ0n) is 11.2. The standard InChI is InChI=1S/C10H13N9O2/c1-6-8(19(20)21)9(14-10(13-6)15-11)17-2-3-18-5-12-16-7(18)4-17/h5H,2-4,11H2,1H3,(H,13,14,15). The van der Waals surface area contributed by atoms with Crippen LogP contribution in [0.15, 0.2) is 6.33 Å². The quantitative estimate of drug-likeness (QED) is 0.438. The van der Waals surface area contributed by atoms with Crippen molar-refractivity contribution in [3.63, 3.8) is 0 Å². The van der Waals surface area contributed by atoms with E-state index in [4.69, 9.17) is 5.84 Å². The average molecular weight is 291 g/mol. The molecule has 2 aromatic heterocycles. The molecule has 1 aliphatic rings. The maximum absolute atomic E-state index is 11.3. The van der Waals surface area contributed by atoms with E-state index in [1.165, 1.54) is 0 Å². The molecule has 0 amide bonds. The molecule has 3 heterocycles. The molecular formula is C10H13N9O2. The van der Waals surface area contributed by atoms with Gasteiger partial charge in [-0.25, -0.2) is 10.8 Å². The average Bonchev–Trinajstić information content (AvgIpc) is 2.93. The summed E-state index contributed by atoms with van der Waals surface area (Å²) in [7, 11) is 0. The van der Waals surface area contributed by atoms with Crippen molar-refractivity contribution >= 4 is 17.5 Å².